The quantitative estimate of drug-likeness (QED) is 0.320. The number of carbonyl (C=O) groups is 1. The van der Waals surface area contributed by atoms with Crippen molar-refractivity contribution in [3.05, 3.63) is 20.2 Å². The number of nitrogens with zero attached hydrogens (tertiary/aromatic N) is 2. The molecule has 92 valence electrons. The topological polar surface area (TPSA) is 131 Å². The van der Waals surface area contributed by atoms with Crippen LogP contribution < -0.4 is 0 Å². The van der Waals surface area contributed by atoms with Crippen LogP contribution in [0.4, 0.5) is 0 Å². The molecule has 0 aromatic carbocycles. The van der Waals surface area contributed by atoms with Gasteiger partial charge in [-0.2, -0.15) is 0 Å². The average molecular weight is 238 g/mol. The molecule has 0 bridgehead atoms. The monoisotopic (exact) mass is 238 g/mol. The third-order valence-corrected chi connectivity index (χ3v) is 1.35. The summed E-state index contributed by atoms with van der Waals surface area (Å²) in [6, 6.07) is 0. The van der Waals surface area contributed by atoms with Crippen LogP contribution in [0.1, 0.15) is 13.3 Å². The van der Waals surface area contributed by atoms with Crippen molar-refractivity contribution in [1.29, 1.82) is 0 Å². The lowest BCUT2D eigenvalue weighted by molar-refractivity contribution is -0.790. The first-order chi connectivity index (χ1) is 7.41. The fourth-order valence-electron chi connectivity index (χ4n) is 0.766. The van der Waals surface area contributed by atoms with Gasteiger partial charge in [0.05, 0.1) is 6.61 Å². The van der Waals surface area contributed by atoms with Crippen molar-refractivity contribution in [3.63, 3.8) is 0 Å². The minimum atomic E-state index is -1.15. The van der Waals surface area contributed by atoms with E-state index in [1.807, 2.05) is 0 Å². The smallest absolute Gasteiger partial charge is 0.302 e. The second-order valence-electron chi connectivity index (χ2n) is 2.60. The molecule has 10 heteroatoms. The van der Waals surface area contributed by atoms with Gasteiger partial charge in [-0.15, -0.1) is 20.2 Å². The predicted molar refractivity (Wildman–Crippen MR) is 46.1 cm³/mol. The summed E-state index contributed by atoms with van der Waals surface area (Å²) in [7, 11) is 0. The first kappa shape index (κ1) is 13.9. The van der Waals surface area contributed by atoms with Crippen molar-refractivity contribution < 1.29 is 29.4 Å². The van der Waals surface area contributed by atoms with E-state index in [4.69, 9.17) is 0 Å². The maximum atomic E-state index is 10.4. The van der Waals surface area contributed by atoms with Gasteiger partial charge in [0.25, 0.3) is 10.2 Å². The van der Waals surface area contributed by atoms with Crippen molar-refractivity contribution in [2.24, 2.45) is 0 Å². The summed E-state index contributed by atoms with van der Waals surface area (Å²) in [6.07, 6.45) is -1.23. The van der Waals surface area contributed by atoms with Crippen LogP contribution in [0.3, 0.4) is 0 Å². The number of rotatable bonds is 8. The number of carbonyl (C=O) groups excluding carboxylic acids is 1. The molecule has 0 amide bonds. The highest BCUT2D eigenvalue weighted by Crippen LogP contribution is 2.01. The molecule has 0 aliphatic heterocycles. The van der Waals surface area contributed by atoms with Gasteiger partial charge in [0.1, 0.15) is 12.7 Å². The Morgan fingerprint density at radius 2 is 1.94 bits per heavy atom. The van der Waals surface area contributed by atoms with Gasteiger partial charge in [-0.25, -0.2) is 0 Å². The highest BCUT2D eigenvalue weighted by atomic mass is 17.0. The van der Waals surface area contributed by atoms with Crippen LogP contribution in [0.15, 0.2) is 0 Å². The molecule has 0 saturated carbocycles. The van der Waals surface area contributed by atoms with Gasteiger partial charge in [-0.1, -0.05) is 0 Å². The predicted octanol–water partition coefficient (Wildman–Crippen LogP) is -0.275. The summed E-state index contributed by atoms with van der Waals surface area (Å²) >= 11 is 0. The molecule has 0 rings (SSSR count). The lowest BCUT2D eigenvalue weighted by Crippen LogP contribution is -2.26. The Morgan fingerprint density at radius 1 is 1.31 bits per heavy atom. The van der Waals surface area contributed by atoms with Gasteiger partial charge < -0.3 is 14.4 Å². The van der Waals surface area contributed by atoms with E-state index in [2.05, 4.69) is 14.4 Å². The highest BCUT2D eigenvalue weighted by Gasteiger charge is 2.16. The lowest BCUT2D eigenvalue weighted by Gasteiger charge is -2.12. The summed E-state index contributed by atoms with van der Waals surface area (Å²) in [6.45, 7) is 0.418. The Morgan fingerprint density at radius 3 is 2.38 bits per heavy atom. The van der Waals surface area contributed by atoms with Crippen LogP contribution in [0, 0.1) is 20.2 Å². The summed E-state index contributed by atoms with van der Waals surface area (Å²) in [5.74, 6) is -0.560. The number of esters is 1. The van der Waals surface area contributed by atoms with E-state index in [0.717, 1.165) is 6.92 Å². The molecule has 0 aromatic heterocycles. The molecule has 0 aliphatic rings. The van der Waals surface area contributed by atoms with Gasteiger partial charge in [0.2, 0.25) is 0 Å². The molecule has 0 saturated heterocycles. The minimum absolute atomic E-state index is 0.0750. The van der Waals surface area contributed by atoms with E-state index in [0.29, 0.717) is 0 Å². The van der Waals surface area contributed by atoms with E-state index in [1.54, 1.807) is 0 Å². The van der Waals surface area contributed by atoms with Crippen LogP contribution in [0.25, 0.3) is 0 Å². The zero-order chi connectivity index (χ0) is 12.6. The Kier molecular flexibility index (Phi) is 6.24. The van der Waals surface area contributed by atoms with Crippen molar-refractivity contribution in [3.8, 4) is 0 Å². The second-order valence-corrected chi connectivity index (χ2v) is 2.60. The maximum Gasteiger partial charge on any atom is 0.302 e. The van der Waals surface area contributed by atoms with Crippen LogP contribution in [0.5, 0.6) is 0 Å². The van der Waals surface area contributed by atoms with Gasteiger partial charge in [0, 0.05) is 13.3 Å². The molecule has 0 heterocycles. The van der Waals surface area contributed by atoms with Crippen molar-refractivity contribution in [2.45, 2.75) is 19.4 Å². The molecule has 0 aliphatic carbocycles. The zero-order valence-corrected chi connectivity index (χ0v) is 8.36. The Bertz CT molecular complexity index is 267. The lowest BCUT2D eigenvalue weighted by atomic mass is 10.3. The molecule has 16 heavy (non-hydrogen) atoms. The molecule has 10 nitrogen and oxygen atoms in total. The Balaban J connectivity index is 3.94. The van der Waals surface area contributed by atoms with Crippen LogP contribution >= 0.6 is 0 Å². The fraction of sp³-hybridized carbons (Fsp3) is 0.833. The van der Waals surface area contributed by atoms with E-state index < -0.39 is 28.9 Å². The van der Waals surface area contributed by atoms with Gasteiger partial charge in [-0.05, 0) is 0 Å². The van der Waals surface area contributed by atoms with Gasteiger partial charge >= 0.3 is 5.97 Å². The molecule has 0 radical (unpaired) electrons. The standard InChI is InChI=1S/C6H10N2O8/c1-5(9)14-3-2-6(16-8(12)13)4-15-7(10)11/h6H,2-4H2,1H3. The summed E-state index contributed by atoms with van der Waals surface area (Å²) in [4.78, 5) is 38.2. The van der Waals surface area contributed by atoms with Crippen LogP contribution in [-0.4, -0.2) is 35.5 Å². The fourth-order valence-corrected chi connectivity index (χ4v) is 0.766. The van der Waals surface area contributed by atoms with Crippen molar-refractivity contribution in [1.82, 2.24) is 0 Å². The molecule has 0 fully saturated rings. The van der Waals surface area contributed by atoms with E-state index in [1.165, 1.54) is 0 Å². The van der Waals surface area contributed by atoms with E-state index in [-0.39, 0.29) is 13.0 Å². The second kappa shape index (κ2) is 7.20. The highest BCUT2D eigenvalue weighted by molar-refractivity contribution is 5.65. The van der Waals surface area contributed by atoms with Crippen LogP contribution in [-0.2, 0) is 19.2 Å². The van der Waals surface area contributed by atoms with Crippen molar-refractivity contribution >= 4 is 5.97 Å². The van der Waals surface area contributed by atoms with Crippen LogP contribution in [0.2, 0.25) is 0 Å². The van der Waals surface area contributed by atoms with E-state index in [9.17, 15) is 25.0 Å². The first-order valence-corrected chi connectivity index (χ1v) is 4.13. The maximum absolute atomic E-state index is 10.4. The van der Waals surface area contributed by atoms with Gasteiger partial charge in [-0.3, -0.25) is 4.79 Å². The third-order valence-electron chi connectivity index (χ3n) is 1.35. The largest absolute Gasteiger partial charge is 0.466 e. The van der Waals surface area contributed by atoms with E-state index >= 15 is 0 Å². The molecule has 0 aromatic rings. The molecular formula is C6H10N2O8. The van der Waals surface area contributed by atoms with Crippen molar-refractivity contribution in [2.75, 3.05) is 13.2 Å². The number of ether oxygens (including phenoxy) is 1. The third kappa shape index (κ3) is 8.47. The SMILES string of the molecule is CC(=O)OCCC(CO[N+](=O)[O-])O[N+](=O)[O-]. The molecule has 0 spiro atoms. The zero-order valence-electron chi connectivity index (χ0n) is 8.36. The molecule has 1 unspecified atom stereocenters. The van der Waals surface area contributed by atoms with Gasteiger partial charge in [0.15, 0.2) is 0 Å². The molecular weight excluding hydrogens is 228 g/mol. The summed E-state index contributed by atoms with van der Waals surface area (Å²) in [5.41, 5.74) is 0. The Labute approximate surface area is 89.3 Å². The minimum Gasteiger partial charge on any atom is -0.466 e. The summed E-state index contributed by atoms with van der Waals surface area (Å²) < 4.78 is 4.49. The first-order valence-electron chi connectivity index (χ1n) is 4.13. The Hall–Kier alpha value is -2.13. The number of hydrogen-bond acceptors (Lipinski definition) is 8. The molecule has 0 N–H and O–H groups in total. The normalized spacial score (nSPS) is 11.3. The summed E-state index contributed by atoms with van der Waals surface area (Å²) in [5, 5.41) is 17.7. The number of hydrogen-bond donors (Lipinski definition) is 0. The molecule has 1 atom stereocenters. The average Bonchev–Trinajstić information content (AvgIpc) is 2.12.